The molecule has 2 N–H and O–H groups in total. The van der Waals surface area contributed by atoms with Crippen LogP contribution in [0.2, 0.25) is 0 Å². The third-order valence-corrected chi connectivity index (χ3v) is 3.48. The summed E-state index contributed by atoms with van der Waals surface area (Å²) in [6.07, 6.45) is -4.73. The zero-order valence-corrected chi connectivity index (χ0v) is 11.3. The van der Waals surface area contributed by atoms with Crippen molar-refractivity contribution < 1.29 is 27.8 Å². The predicted octanol–water partition coefficient (Wildman–Crippen LogP) is 3.96. The van der Waals surface area contributed by atoms with Crippen LogP contribution in [0.4, 0.5) is 18.9 Å². The molecular weight excluding hydrogens is 307 g/mol. The standard InChI is InChI=1S/C13H10F3NO3S/c14-13(15,16)20-9-3-1-2-8(6-9)17-7-10-4-5-11(21-10)12(18)19/h1-6,17H,7H2,(H,18,19). The molecule has 0 fully saturated rings. The second kappa shape index (κ2) is 6.04. The number of alkyl halides is 3. The van der Waals surface area contributed by atoms with E-state index in [0.29, 0.717) is 12.2 Å². The summed E-state index contributed by atoms with van der Waals surface area (Å²) < 4.78 is 40.1. The van der Waals surface area contributed by atoms with E-state index in [-0.39, 0.29) is 10.6 Å². The van der Waals surface area contributed by atoms with Gasteiger partial charge >= 0.3 is 12.3 Å². The second-order valence-corrected chi connectivity index (χ2v) is 5.17. The zero-order valence-electron chi connectivity index (χ0n) is 10.5. The van der Waals surface area contributed by atoms with E-state index in [2.05, 4.69) is 10.1 Å². The Morgan fingerprint density at radius 3 is 2.67 bits per heavy atom. The Hall–Kier alpha value is -2.22. The molecule has 0 bridgehead atoms. The molecule has 8 heteroatoms. The van der Waals surface area contributed by atoms with E-state index in [1.165, 1.54) is 24.3 Å². The van der Waals surface area contributed by atoms with Crippen molar-refractivity contribution in [2.45, 2.75) is 12.9 Å². The van der Waals surface area contributed by atoms with Crippen molar-refractivity contribution in [3.63, 3.8) is 0 Å². The first-order chi connectivity index (χ1) is 9.83. The largest absolute Gasteiger partial charge is 0.573 e. The molecule has 2 aromatic rings. The van der Waals surface area contributed by atoms with Gasteiger partial charge < -0.3 is 15.2 Å². The van der Waals surface area contributed by atoms with Crippen LogP contribution in [0.25, 0.3) is 0 Å². The maximum atomic E-state index is 12.1. The molecule has 112 valence electrons. The van der Waals surface area contributed by atoms with Crippen molar-refractivity contribution in [3.05, 3.63) is 46.2 Å². The van der Waals surface area contributed by atoms with Crippen LogP contribution in [-0.2, 0) is 6.54 Å². The van der Waals surface area contributed by atoms with Gasteiger partial charge in [0.15, 0.2) is 0 Å². The molecule has 0 aliphatic heterocycles. The van der Waals surface area contributed by atoms with Crippen molar-refractivity contribution in [2.24, 2.45) is 0 Å². The lowest BCUT2D eigenvalue weighted by Gasteiger charge is -2.10. The lowest BCUT2D eigenvalue weighted by atomic mass is 10.3. The summed E-state index contributed by atoms with van der Waals surface area (Å²) >= 11 is 1.10. The number of hydrogen-bond acceptors (Lipinski definition) is 4. The van der Waals surface area contributed by atoms with Crippen molar-refractivity contribution in [1.29, 1.82) is 0 Å². The molecule has 0 spiro atoms. The first-order valence-corrected chi connectivity index (χ1v) is 6.57. The summed E-state index contributed by atoms with van der Waals surface area (Å²) in [6.45, 7) is 0.313. The Morgan fingerprint density at radius 2 is 2.05 bits per heavy atom. The number of carboxylic acid groups (broad SMARTS) is 1. The number of thiophene rings is 1. The Balaban J connectivity index is 1.99. The maximum absolute atomic E-state index is 12.1. The molecule has 21 heavy (non-hydrogen) atoms. The number of ether oxygens (including phenoxy) is 1. The number of benzene rings is 1. The highest BCUT2D eigenvalue weighted by Gasteiger charge is 2.31. The van der Waals surface area contributed by atoms with Gasteiger partial charge in [0.05, 0.1) is 0 Å². The summed E-state index contributed by atoms with van der Waals surface area (Å²) in [5.41, 5.74) is 0.446. The van der Waals surface area contributed by atoms with Crippen molar-refractivity contribution >= 4 is 23.0 Å². The van der Waals surface area contributed by atoms with Crippen LogP contribution < -0.4 is 10.1 Å². The molecule has 1 heterocycles. The first-order valence-electron chi connectivity index (χ1n) is 5.75. The van der Waals surface area contributed by atoms with Crippen LogP contribution in [0, 0.1) is 0 Å². The molecule has 0 saturated heterocycles. The van der Waals surface area contributed by atoms with Crippen LogP contribution in [0.15, 0.2) is 36.4 Å². The Morgan fingerprint density at radius 1 is 1.29 bits per heavy atom. The highest BCUT2D eigenvalue weighted by atomic mass is 32.1. The molecule has 0 amide bonds. The molecule has 0 saturated carbocycles. The predicted molar refractivity (Wildman–Crippen MR) is 71.7 cm³/mol. The minimum atomic E-state index is -4.73. The van der Waals surface area contributed by atoms with Crippen LogP contribution in [0.3, 0.4) is 0 Å². The number of aromatic carboxylic acids is 1. The number of hydrogen-bond donors (Lipinski definition) is 2. The van der Waals surface area contributed by atoms with Gasteiger partial charge in [-0.05, 0) is 24.3 Å². The first kappa shape index (κ1) is 15.2. The van der Waals surface area contributed by atoms with E-state index in [0.717, 1.165) is 16.2 Å². The monoisotopic (exact) mass is 317 g/mol. The quantitative estimate of drug-likeness (QED) is 0.876. The number of carbonyl (C=O) groups is 1. The van der Waals surface area contributed by atoms with Gasteiger partial charge in [0.2, 0.25) is 0 Å². The average Bonchev–Trinajstić information content (AvgIpc) is 2.83. The summed E-state index contributed by atoms with van der Waals surface area (Å²) in [6, 6.07) is 8.57. The Labute approximate surface area is 121 Å². The fourth-order valence-electron chi connectivity index (χ4n) is 1.58. The van der Waals surface area contributed by atoms with Crippen molar-refractivity contribution in [3.8, 4) is 5.75 Å². The van der Waals surface area contributed by atoms with Gasteiger partial charge in [-0.3, -0.25) is 0 Å². The molecule has 2 rings (SSSR count). The number of rotatable bonds is 5. The minimum absolute atomic E-state index is 0.209. The lowest BCUT2D eigenvalue weighted by Crippen LogP contribution is -2.17. The van der Waals surface area contributed by atoms with Crippen LogP contribution in [-0.4, -0.2) is 17.4 Å². The summed E-state index contributed by atoms with van der Waals surface area (Å²) in [5, 5.41) is 11.7. The van der Waals surface area contributed by atoms with E-state index in [1.807, 2.05) is 0 Å². The lowest BCUT2D eigenvalue weighted by molar-refractivity contribution is -0.274. The van der Waals surface area contributed by atoms with E-state index < -0.39 is 12.3 Å². The summed E-state index contributed by atoms with van der Waals surface area (Å²) in [5.74, 6) is -1.32. The number of nitrogens with one attached hydrogen (secondary N) is 1. The number of carboxylic acids is 1. The smallest absolute Gasteiger partial charge is 0.477 e. The molecule has 1 aromatic heterocycles. The van der Waals surface area contributed by atoms with Gasteiger partial charge in [-0.1, -0.05) is 6.07 Å². The maximum Gasteiger partial charge on any atom is 0.573 e. The van der Waals surface area contributed by atoms with Gasteiger partial charge in [0.1, 0.15) is 10.6 Å². The number of halogens is 3. The molecule has 4 nitrogen and oxygen atoms in total. The van der Waals surface area contributed by atoms with Crippen LogP contribution in [0.1, 0.15) is 14.5 Å². The van der Waals surface area contributed by atoms with Gasteiger partial charge in [-0.25, -0.2) is 4.79 Å². The molecule has 0 aliphatic carbocycles. The number of anilines is 1. The Bertz CT molecular complexity index is 640. The Kier molecular flexibility index (Phi) is 4.37. The molecule has 0 aliphatic rings. The summed E-state index contributed by atoms with van der Waals surface area (Å²) in [4.78, 5) is 11.7. The summed E-state index contributed by atoms with van der Waals surface area (Å²) in [7, 11) is 0. The van der Waals surface area contributed by atoms with E-state index in [9.17, 15) is 18.0 Å². The second-order valence-electron chi connectivity index (χ2n) is 4.00. The van der Waals surface area contributed by atoms with Crippen molar-refractivity contribution in [1.82, 2.24) is 0 Å². The third kappa shape index (κ3) is 4.67. The van der Waals surface area contributed by atoms with Gasteiger partial charge in [0, 0.05) is 23.2 Å². The van der Waals surface area contributed by atoms with E-state index in [4.69, 9.17) is 5.11 Å². The molecular formula is C13H10F3NO3S. The third-order valence-electron chi connectivity index (χ3n) is 2.41. The van der Waals surface area contributed by atoms with Gasteiger partial charge in [-0.2, -0.15) is 0 Å². The SMILES string of the molecule is O=C(O)c1ccc(CNc2cccc(OC(F)(F)F)c2)s1. The fraction of sp³-hybridized carbons (Fsp3) is 0.154. The van der Waals surface area contributed by atoms with Crippen LogP contribution >= 0.6 is 11.3 Å². The normalized spacial score (nSPS) is 11.2. The molecule has 1 aromatic carbocycles. The van der Waals surface area contributed by atoms with E-state index >= 15 is 0 Å². The van der Waals surface area contributed by atoms with E-state index in [1.54, 1.807) is 12.1 Å². The van der Waals surface area contributed by atoms with Crippen LogP contribution in [0.5, 0.6) is 5.75 Å². The highest BCUT2D eigenvalue weighted by Crippen LogP contribution is 2.25. The van der Waals surface area contributed by atoms with Gasteiger partial charge in [0.25, 0.3) is 0 Å². The topological polar surface area (TPSA) is 58.6 Å². The average molecular weight is 317 g/mol. The fourth-order valence-corrected chi connectivity index (χ4v) is 2.37. The molecule has 0 radical (unpaired) electrons. The minimum Gasteiger partial charge on any atom is -0.477 e. The van der Waals surface area contributed by atoms with Crippen molar-refractivity contribution in [2.75, 3.05) is 5.32 Å². The zero-order chi connectivity index (χ0) is 15.5. The molecule has 0 unspecified atom stereocenters. The highest BCUT2D eigenvalue weighted by molar-refractivity contribution is 7.13. The van der Waals surface area contributed by atoms with Gasteiger partial charge in [-0.15, -0.1) is 24.5 Å². The molecule has 0 atom stereocenters.